The van der Waals surface area contributed by atoms with Gasteiger partial charge in [0.15, 0.2) is 0 Å². The highest BCUT2D eigenvalue weighted by molar-refractivity contribution is 7.98. The molecule has 2 aliphatic heterocycles. The summed E-state index contributed by atoms with van der Waals surface area (Å²) in [4.78, 5) is 20.3. The molecule has 0 aliphatic carbocycles. The molecule has 5 rings (SSSR count). The number of pyridine rings is 1. The molecule has 4 nitrogen and oxygen atoms in total. The number of unbranched alkanes of at least 4 members (excludes halogenated alkanes) is 2. The third-order valence-electron chi connectivity index (χ3n) is 7.70. The van der Waals surface area contributed by atoms with Crippen LogP contribution in [0, 0.1) is 0 Å². The van der Waals surface area contributed by atoms with Gasteiger partial charge in [0.2, 0.25) is 5.91 Å². The lowest BCUT2D eigenvalue weighted by Crippen LogP contribution is -2.32. The van der Waals surface area contributed by atoms with Crippen molar-refractivity contribution < 1.29 is 4.79 Å². The fourth-order valence-electron chi connectivity index (χ4n) is 5.60. The summed E-state index contributed by atoms with van der Waals surface area (Å²) in [5.41, 5.74) is 8.65. The van der Waals surface area contributed by atoms with Crippen LogP contribution in [0.5, 0.6) is 0 Å². The van der Waals surface area contributed by atoms with Gasteiger partial charge in [-0.15, -0.1) is 11.8 Å². The number of carbonyl (C=O) groups is 1. The Morgan fingerprint density at radius 3 is 2.55 bits per heavy atom. The SMILES string of the molecule is O=C(CCCCc1cccnc1)NCCCCN1CCC(=C2c3ccccc3CSc3ccccc32)CC1. The molecule has 1 fully saturated rings. The molecule has 2 aliphatic rings. The van der Waals surface area contributed by atoms with E-state index in [0.29, 0.717) is 6.42 Å². The van der Waals surface area contributed by atoms with Crippen molar-refractivity contribution in [1.29, 1.82) is 0 Å². The zero-order chi connectivity index (χ0) is 26.0. The number of thioether (sulfide) groups is 1. The van der Waals surface area contributed by atoms with Crippen molar-refractivity contribution in [3.8, 4) is 0 Å². The summed E-state index contributed by atoms with van der Waals surface area (Å²) in [7, 11) is 0. The lowest BCUT2D eigenvalue weighted by atomic mass is 9.86. The van der Waals surface area contributed by atoms with Crippen molar-refractivity contribution in [3.05, 3.63) is 101 Å². The molecule has 38 heavy (non-hydrogen) atoms. The van der Waals surface area contributed by atoms with Crippen molar-refractivity contribution in [1.82, 2.24) is 15.2 Å². The van der Waals surface area contributed by atoms with Crippen molar-refractivity contribution in [2.75, 3.05) is 26.2 Å². The van der Waals surface area contributed by atoms with Crippen molar-refractivity contribution in [3.63, 3.8) is 0 Å². The number of benzene rings is 2. The Hall–Kier alpha value is -2.89. The topological polar surface area (TPSA) is 45.2 Å². The minimum absolute atomic E-state index is 0.188. The zero-order valence-electron chi connectivity index (χ0n) is 22.3. The first kappa shape index (κ1) is 26.7. The molecule has 0 atom stereocenters. The number of hydrogen-bond acceptors (Lipinski definition) is 4. The minimum Gasteiger partial charge on any atom is -0.356 e. The Balaban J connectivity index is 1.04. The smallest absolute Gasteiger partial charge is 0.219 e. The van der Waals surface area contributed by atoms with E-state index in [1.54, 1.807) is 11.8 Å². The second-order valence-corrected chi connectivity index (χ2v) is 11.4. The number of hydrogen-bond donors (Lipinski definition) is 1. The number of amides is 1. The van der Waals surface area contributed by atoms with E-state index in [1.807, 2.05) is 24.0 Å². The van der Waals surface area contributed by atoms with E-state index >= 15 is 0 Å². The minimum atomic E-state index is 0.188. The molecular weight excluding hydrogens is 486 g/mol. The van der Waals surface area contributed by atoms with Crippen molar-refractivity contribution in [2.45, 2.75) is 62.0 Å². The third-order valence-corrected chi connectivity index (χ3v) is 8.83. The first-order valence-electron chi connectivity index (χ1n) is 14.2. The lowest BCUT2D eigenvalue weighted by molar-refractivity contribution is -0.121. The quantitative estimate of drug-likeness (QED) is 0.293. The van der Waals surface area contributed by atoms with Crippen LogP contribution >= 0.6 is 11.8 Å². The molecule has 198 valence electrons. The van der Waals surface area contributed by atoms with Crippen LogP contribution < -0.4 is 5.32 Å². The first-order valence-corrected chi connectivity index (χ1v) is 15.2. The van der Waals surface area contributed by atoms with Gasteiger partial charge in [-0.05, 0) is 91.5 Å². The summed E-state index contributed by atoms with van der Waals surface area (Å²) in [6, 6.07) is 22.0. The lowest BCUT2D eigenvalue weighted by Gasteiger charge is -2.30. The fourth-order valence-corrected chi connectivity index (χ4v) is 6.67. The van der Waals surface area contributed by atoms with E-state index in [-0.39, 0.29) is 5.91 Å². The van der Waals surface area contributed by atoms with Crippen LogP contribution in [0.3, 0.4) is 0 Å². The number of carbonyl (C=O) groups excluding carboxylic acids is 1. The van der Waals surface area contributed by atoms with Gasteiger partial charge in [-0.2, -0.15) is 0 Å². The predicted octanol–water partition coefficient (Wildman–Crippen LogP) is 6.89. The Kier molecular flexibility index (Phi) is 9.68. The van der Waals surface area contributed by atoms with Gasteiger partial charge in [0.05, 0.1) is 0 Å². The Morgan fingerprint density at radius 1 is 0.895 bits per heavy atom. The molecule has 5 heteroatoms. The Labute approximate surface area is 231 Å². The van der Waals surface area contributed by atoms with Gasteiger partial charge in [-0.1, -0.05) is 54.1 Å². The Morgan fingerprint density at radius 2 is 1.71 bits per heavy atom. The van der Waals surface area contributed by atoms with E-state index in [9.17, 15) is 4.79 Å². The molecule has 2 aromatic carbocycles. The highest BCUT2D eigenvalue weighted by Gasteiger charge is 2.23. The van der Waals surface area contributed by atoms with Gasteiger partial charge >= 0.3 is 0 Å². The van der Waals surface area contributed by atoms with Gasteiger partial charge in [0.1, 0.15) is 0 Å². The maximum Gasteiger partial charge on any atom is 0.219 e. The van der Waals surface area contributed by atoms with Gasteiger partial charge in [0, 0.05) is 49.1 Å². The molecule has 0 bridgehead atoms. The largest absolute Gasteiger partial charge is 0.356 e. The number of nitrogens with one attached hydrogen (secondary N) is 1. The summed E-state index contributed by atoms with van der Waals surface area (Å²) in [5.74, 6) is 1.23. The molecule has 3 aromatic rings. The van der Waals surface area contributed by atoms with Crippen LogP contribution in [-0.4, -0.2) is 42.0 Å². The van der Waals surface area contributed by atoms with Gasteiger partial charge in [-0.3, -0.25) is 9.78 Å². The molecule has 0 radical (unpaired) electrons. The number of aromatic nitrogens is 1. The second-order valence-electron chi connectivity index (χ2n) is 10.4. The first-order chi connectivity index (χ1) is 18.8. The number of fused-ring (bicyclic) bond motifs is 2. The number of rotatable bonds is 10. The molecule has 0 unspecified atom stereocenters. The van der Waals surface area contributed by atoms with Crippen molar-refractivity contribution >= 4 is 23.2 Å². The van der Waals surface area contributed by atoms with E-state index in [0.717, 1.165) is 76.9 Å². The third kappa shape index (κ3) is 7.15. The van der Waals surface area contributed by atoms with E-state index in [4.69, 9.17) is 0 Å². The number of nitrogens with zero attached hydrogens (tertiary/aromatic N) is 2. The monoisotopic (exact) mass is 525 g/mol. The molecule has 3 heterocycles. The maximum atomic E-state index is 12.2. The molecule has 1 aromatic heterocycles. The summed E-state index contributed by atoms with van der Waals surface area (Å²) < 4.78 is 0. The van der Waals surface area contributed by atoms with Crippen LogP contribution in [0.1, 0.15) is 67.2 Å². The second kappa shape index (κ2) is 13.8. The highest BCUT2D eigenvalue weighted by Crippen LogP contribution is 2.43. The van der Waals surface area contributed by atoms with Crippen LogP contribution in [0.2, 0.25) is 0 Å². The average Bonchev–Trinajstić information content (AvgIpc) is 3.13. The zero-order valence-corrected chi connectivity index (χ0v) is 23.1. The van der Waals surface area contributed by atoms with Crippen LogP contribution in [0.25, 0.3) is 5.57 Å². The van der Waals surface area contributed by atoms with Crippen molar-refractivity contribution in [2.24, 2.45) is 0 Å². The number of piperidine rings is 1. The predicted molar refractivity (Wildman–Crippen MR) is 158 cm³/mol. The van der Waals surface area contributed by atoms with E-state index < -0.39 is 0 Å². The molecule has 0 saturated carbocycles. The van der Waals surface area contributed by atoms with Crippen LogP contribution in [-0.2, 0) is 17.0 Å². The molecule has 0 spiro atoms. The highest BCUT2D eigenvalue weighted by atomic mass is 32.2. The van der Waals surface area contributed by atoms with Crippen LogP contribution in [0.4, 0.5) is 0 Å². The summed E-state index contributed by atoms with van der Waals surface area (Å²) in [6.45, 7) is 4.15. The molecule has 1 saturated heterocycles. The standard InChI is InChI=1S/C33H39N3OS/c37-32(16-6-1-10-26-11-9-19-34-24-26)35-20-7-8-21-36-22-17-27(18-23-36)33-29-13-3-2-12-28(29)25-38-31-15-5-4-14-30(31)33/h2-5,9,11-15,19,24H,1,6-8,10,16-18,20-23,25H2,(H,35,37). The molecular formula is C33H39N3OS. The summed E-state index contributed by atoms with van der Waals surface area (Å²) >= 11 is 1.97. The number of aryl methyl sites for hydroxylation is 1. The van der Waals surface area contributed by atoms with E-state index in [1.165, 1.54) is 32.7 Å². The number of likely N-dealkylation sites (tertiary alicyclic amines) is 1. The van der Waals surface area contributed by atoms with Gasteiger partial charge < -0.3 is 10.2 Å². The summed E-state index contributed by atoms with van der Waals surface area (Å²) in [6.07, 6.45) is 11.7. The maximum absolute atomic E-state index is 12.2. The summed E-state index contributed by atoms with van der Waals surface area (Å²) in [5, 5.41) is 3.11. The van der Waals surface area contributed by atoms with E-state index in [2.05, 4.69) is 69.8 Å². The molecule has 1 N–H and O–H groups in total. The Bertz CT molecular complexity index is 1180. The van der Waals surface area contributed by atoms with Crippen LogP contribution in [0.15, 0.2) is 83.5 Å². The van der Waals surface area contributed by atoms with Gasteiger partial charge in [0.25, 0.3) is 0 Å². The molecule has 1 amide bonds. The normalized spacial score (nSPS) is 15.5. The fraction of sp³-hybridized carbons (Fsp3) is 0.394. The van der Waals surface area contributed by atoms with Gasteiger partial charge in [-0.25, -0.2) is 0 Å². The average molecular weight is 526 g/mol.